The van der Waals surface area contributed by atoms with Gasteiger partial charge in [-0.15, -0.1) is 10.1 Å². The quantitative estimate of drug-likeness (QED) is 0.0183. The summed E-state index contributed by atoms with van der Waals surface area (Å²) in [5, 5.41) is 2.64. The number of carbonyl (C=O) groups is 6. The van der Waals surface area contributed by atoms with Gasteiger partial charge in [-0.3, -0.25) is 19.2 Å². The van der Waals surface area contributed by atoms with E-state index in [1.165, 1.54) is 52.8 Å². The molecule has 6 aliphatic heterocycles. The predicted molar refractivity (Wildman–Crippen MR) is 415 cm³/mol. The number of allylic oxidation sites excluding steroid dienone is 10. The number of hydrogen-bond donors (Lipinski definition) is 0. The van der Waals surface area contributed by atoms with Gasteiger partial charge in [-0.2, -0.15) is 9.15 Å². The first-order valence-electron chi connectivity index (χ1n) is 37.1. The van der Waals surface area contributed by atoms with Gasteiger partial charge >= 0.3 is 217 Å². The molecule has 2 fully saturated rings. The molecule has 0 saturated carbocycles. The molecule has 2 saturated heterocycles. The number of rotatable bonds is 25. The second kappa shape index (κ2) is 39.4. The first kappa shape index (κ1) is 100.0. The van der Waals surface area contributed by atoms with Crippen LogP contribution in [-0.2, 0) is 101 Å². The SMILES string of the molecule is CCN1C(=CC=CC2=[N+](CCCCCC(=O)ON3C(=O)CCC3=O)c3ccc(S(=O)(=O)[O-])cc3C2(C)C)C(C)(C)c2cc(C)ccc21.CCN1C(=CC=CC=CC2=[N+](CCCCCC(=O)ON3C(=O)CCC3=O)c3ccc4c(S(=O)(=O)[O-])cc(S(=O)(=O)[O-])cc4c3C2(C)C)C(C)(C)c2c1ccc1c(C)cc(S(=O)(=O)[O-])cc21.[K+].[K+].[K+].[K+]. The van der Waals surface area contributed by atoms with Crippen LogP contribution in [0.4, 0.5) is 22.7 Å². The zero-order chi connectivity index (χ0) is 81.9. The smallest absolute Gasteiger partial charge is 0.744 e. The van der Waals surface area contributed by atoms with Crippen molar-refractivity contribution < 1.29 is 305 Å². The van der Waals surface area contributed by atoms with Crippen LogP contribution in [0.5, 0.6) is 0 Å². The van der Waals surface area contributed by atoms with E-state index in [1.807, 2.05) is 95.6 Å². The van der Waals surface area contributed by atoms with Crippen LogP contribution >= 0.6 is 0 Å². The summed E-state index contributed by atoms with van der Waals surface area (Å²) in [7, 11) is -19.8. The van der Waals surface area contributed by atoms with E-state index in [4.69, 9.17) is 9.68 Å². The number of aryl methyl sites for hydroxylation is 2. The number of carbonyl (C=O) groups excluding carboxylic acids is 6. The maximum atomic E-state index is 12.5. The zero-order valence-corrected chi connectivity index (χ0v) is 84.3. The summed E-state index contributed by atoms with van der Waals surface area (Å²) in [6, 6.07) is 22.6. The zero-order valence-electron chi connectivity index (χ0n) is 68.5. The van der Waals surface area contributed by atoms with E-state index in [0.29, 0.717) is 102 Å². The van der Waals surface area contributed by atoms with E-state index in [-0.39, 0.29) is 270 Å². The predicted octanol–water partition coefficient (Wildman–Crippen LogP) is 0.0882. The fraction of sp³-hybridized carbons (Fsp3) is 0.390. The summed E-state index contributed by atoms with van der Waals surface area (Å²) in [4.78, 5) is 84.1. The monoisotopic (exact) mass is 1760 g/mol. The molecule has 6 aromatic rings. The fourth-order valence-corrected chi connectivity index (χ4v) is 18.8. The molecule has 116 heavy (non-hydrogen) atoms. The summed E-state index contributed by atoms with van der Waals surface area (Å²) in [6.07, 6.45) is 18.9. The van der Waals surface area contributed by atoms with Gasteiger partial charge in [-0.25, -0.2) is 43.3 Å². The van der Waals surface area contributed by atoms with Crippen molar-refractivity contribution >= 4 is 132 Å². The molecule has 0 bridgehead atoms. The first-order chi connectivity index (χ1) is 52.3. The van der Waals surface area contributed by atoms with Gasteiger partial charge in [0.25, 0.3) is 23.6 Å². The van der Waals surface area contributed by atoms with Gasteiger partial charge in [0.2, 0.25) is 11.4 Å². The number of benzene rings is 6. The fourth-order valence-electron chi connectivity index (χ4n) is 16.4. The van der Waals surface area contributed by atoms with E-state index in [0.717, 1.165) is 51.9 Å². The van der Waals surface area contributed by atoms with Gasteiger partial charge in [0.1, 0.15) is 53.6 Å². The third-order valence-corrected chi connectivity index (χ3v) is 25.2. The largest absolute Gasteiger partial charge is 1.00 e. The summed E-state index contributed by atoms with van der Waals surface area (Å²) in [5.74, 6) is -3.51. The molecule has 6 aromatic carbocycles. The normalized spacial score (nSPS) is 18.0. The Labute approximate surface area is 848 Å². The Morgan fingerprint density at radius 1 is 0.440 bits per heavy atom. The van der Waals surface area contributed by atoms with Crippen LogP contribution in [0.25, 0.3) is 21.5 Å². The summed E-state index contributed by atoms with van der Waals surface area (Å²) < 4.78 is 151. The number of imide groups is 2. The summed E-state index contributed by atoms with van der Waals surface area (Å²) >= 11 is 0. The molecule has 594 valence electrons. The molecule has 4 amide bonds. The van der Waals surface area contributed by atoms with Gasteiger partial charge in [0.15, 0.2) is 11.4 Å². The molecule has 0 aromatic heterocycles. The first-order valence-corrected chi connectivity index (χ1v) is 42.7. The molecule has 6 aliphatic rings. The molecule has 12 rings (SSSR count). The molecule has 0 N–H and O–H groups in total. The Kier molecular flexibility index (Phi) is 34.0. The molecule has 0 unspecified atom stereocenters. The van der Waals surface area contributed by atoms with Crippen molar-refractivity contribution in [3.63, 3.8) is 0 Å². The van der Waals surface area contributed by atoms with E-state index >= 15 is 0 Å². The number of unbranched alkanes of at least 4 members (excludes halogenated alkanes) is 4. The molecular formula is C82H90K4N6O20S4+2. The van der Waals surface area contributed by atoms with Gasteiger partial charge < -0.3 is 37.7 Å². The standard InChI is InChI=1S/C46H49N3O13S3.C36H43N3O7S.4K/c1-7-47-35-19-17-31-28(2)24-29(63(53,54)55)25-33(31)43(35)45(3,4)38(47)14-10-8-11-15-39-46(5,6)44-34-26-30(64(56,57)58)27-37(65(59,60)61)32(34)18-20-36(44)48(39)23-13-9-12-16-42(52)62-49-40(50)21-22-41(49)51;1-7-37-28-17-15-24(2)22-26(28)35(3,4)30(37)12-11-13-31-36(5,6)27-23-25(47(43,44)45)16-18-29(27)38(31)21-10-8-9-14-34(42)46-39-32(40)19-20-33(39)41;;;;/h8,10-11,14-15,17-20,24-27H,7,9,12-13,16,21-23H2,1-6H3,(H2-,53,54,55,56,57,58,59,60,61);11-13,15-18,22-23H,7-10,14,19-21H2,1-6H3;;;;/q;;4*+1/p-2. The number of hydrogen-bond acceptors (Lipinski definition) is 22. The molecule has 0 aliphatic carbocycles. The number of hydroxylamine groups is 4. The van der Waals surface area contributed by atoms with Crippen LogP contribution in [0.15, 0.2) is 165 Å². The van der Waals surface area contributed by atoms with E-state index in [2.05, 4.69) is 78.5 Å². The van der Waals surface area contributed by atoms with Crippen molar-refractivity contribution in [3.05, 3.63) is 178 Å². The number of nitrogens with zero attached hydrogens (tertiary/aromatic N) is 6. The van der Waals surface area contributed by atoms with Gasteiger partial charge in [-0.05, 0) is 181 Å². The topological polar surface area (TPSA) is 369 Å². The molecule has 0 atom stereocenters. The van der Waals surface area contributed by atoms with E-state index < -0.39 is 102 Å². The Morgan fingerprint density at radius 2 is 0.897 bits per heavy atom. The van der Waals surface area contributed by atoms with Gasteiger partial charge in [0.05, 0.1) is 30.4 Å². The Morgan fingerprint density at radius 3 is 1.42 bits per heavy atom. The number of amides is 4. The molecule has 26 nitrogen and oxygen atoms in total. The van der Waals surface area contributed by atoms with Crippen molar-refractivity contribution in [1.82, 2.24) is 10.1 Å². The third-order valence-electron chi connectivity index (χ3n) is 21.9. The van der Waals surface area contributed by atoms with Crippen LogP contribution in [-0.4, -0.2) is 144 Å². The molecule has 0 spiro atoms. The van der Waals surface area contributed by atoms with Gasteiger partial charge in [-0.1, -0.05) is 75.8 Å². The second-order valence-corrected chi connectivity index (χ2v) is 36.3. The van der Waals surface area contributed by atoms with E-state index in [9.17, 15) is 80.6 Å². The summed E-state index contributed by atoms with van der Waals surface area (Å²) in [6.45, 7) is 26.7. The molecule has 34 heteroatoms. The average Bonchev–Trinajstić information content (AvgIpc) is 1.54. The molecule has 0 radical (unpaired) electrons. The van der Waals surface area contributed by atoms with Crippen LogP contribution in [0.3, 0.4) is 0 Å². The van der Waals surface area contributed by atoms with Crippen LogP contribution in [0.2, 0.25) is 0 Å². The Balaban J connectivity index is 0.000000325. The minimum Gasteiger partial charge on any atom is -0.744 e. The van der Waals surface area contributed by atoms with Crippen molar-refractivity contribution in [1.29, 1.82) is 0 Å². The van der Waals surface area contributed by atoms with Crippen LogP contribution in [0.1, 0.15) is 180 Å². The van der Waals surface area contributed by atoms with Crippen molar-refractivity contribution in [2.45, 2.75) is 201 Å². The van der Waals surface area contributed by atoms with Crippen molar-refractivity contribution in [2.75, 3.05) is 36.0 Å². The molecule has 6 heterocycles. The van der Waals surface area contributed by atoms with E-state index in [1.54, 1.807) is 19.1 Å². The maximum Gasteiger partial charge on any atom is 1.00 e. The second-order valence-electron chi connectivity index (χ2n) is 30.8. The van der Waals surface area contributed by atoms with Crippen molar-refractivity contribution in [3.8, 4) is 0 Å². The van der Waals surface area contributed by atoms with Gasteiger partial charge in [0, 0.05) is 139 Å². The maximum absolute atomic E-state index is 12.5. The third kappa shape index (κ3) is 20.9. The number of anilines is 2. The molecular weight excluding hydrogens is 1670 g/mol. The number of fused-ring (bicyclic) bond motifs is 8. The minimum absolute atomic E-state index is 0. The van der Waals surface area contributed by atoms with Crippen LogP contribution in [0, 0.1) is 13.8 Å². The Hall–Kier alpha value is -3.11. The summed E-state index contributed by atoms with van der Waals surface area (Å²) in [5.41, 5.74) is 10.2. The van der Waals surface area contributed by atoms with Crippen LogP contribution < -0.4 is 215 Å². The van der Waals surface area contributed by atoms with Crippen molar-refractivity contribution in [2.24, 2.45) is 0 Å². The Bertz CT molecular complexity index is 5700. The minimum atomic E-state index is -5.24. The number of likely N-dealkylation sites (N-methyl/N-ethyl adjacent to an activating group) is 2. The average molecular weight is 1760 g/mol.